The second kappa shape index (κ2) is 5.56. The quantitative estimate of drug-likeness (QED) is 0.785. The van der Waals surface area contributed by atoms with Crippen molar-refractivity contribution in [3.05, 3.63) is 35.4 Å². The molecule has 2 aromatic rings. The third-order valence-electron chi connectivity index (χ3n) is 2.60. The lowest BCUT2D eigenvalue weighted by Gasteiger charge is -2.10. The minimum absolute atomic E-state index is 0.255. The van der Waals surface area contributed by atoms with Crippen molar-refractivity contribution in [2.75, 3.05) is 22.9 Å². The van der Waals surface area contributed by atoms with Crippen LogP contribution >= 0.6 is 0 Å². The molecule has 5 nitrogen and oxygen atoms in total. The second-order valence-electron chi connectivity index (χ2n) is 4.53. The van der Waals surface area contributed by atoms with Crippen LogP contribution in [0.3, 0.4) is 0 Å². The number of nitrogen functional groups attached to an aromatic ring is 1. The first-order valence-corrected chi connectivity index (χ1v) is 6.30. The van der Waals surface area contributed by atoms with Crippen molar-refractivity contribution in [1.29, 1.82) is 0 Å². The Labute approximate surface area is 113 Å². The van der Waals surface area contributed by atoms with Gasteiger partial charge in [0.2, 0.25) is 5.95 Å². The molecule has 0 radical (unpaired) electrons. The topological polar surface area (TPSA) is 75.9 Å². The molecular weight excluding hydrogens is 238 g/mol. The van der Waals surface area contributed by atoms with Gasteiger partial charge in [0.05, 0.1) is 0 Å². The van der Waals surface area contributed by atoms with Crippen LogP contribution in [-0.2, 0) is 0 Å². The van der Waals surface area contributed by atoms with Gasteiger partial charge >= 0.3 is 0 Å². The van der Waals surface area contributed by atoms with Gasteiger partial charge in [0.1, 0.15) is 11.6 Å². The summed E-state index contributed by atoms with van der Waals surface area (Å²) in [6.45, 7) is 6.93. The molecule has 0 atom stereocenters. The van der Waals surface area contributed by atoms with E-state index in [1.807, 2.05) is 13.0 Å². The highest BCUT2D eigenvalue weighted by Crippen LogP contribution is 2.20. The van der Waals surface area contributed by atoms with Gasteiger partial charge in [0, 0.05) is 18.3 Å². The molecular formula is C14H19N5. The smallest absolute Gasteiger partial charge is 0.223 e. The Morgan fingerprint density at radius 1 is 1.00 bits per heavy atom. The molecule has 1 aromatic carbocycles. The zero-order valence-electron chi connectivity index (χ0n) is 11.5. The molecule has 1 heterocycles. The third-order valence-corrected chi connectivity index (χ3v) is 2.60. The van der Waals surface area contributed by atoms with Crippen LogP contribution in [0.2, 0.25) is 0 Å². The molecule has 5 heteroatoms. The maximum atomic E-state index is 5.70. The first-order chi connectivity index (χ1) is 9.06. The number of aryl methyl sites for hydroxylation is 2. The van der Waals surface area contributed by atoms with Crippen LogP contribution in [0.5, 0.6) is 0 Å². The van der Waals surface area contributed by atoms with Crippen LogP contribution in [0, 0.1) is 13.8 Å². The Morgan fingerprint density at radius 2 is 1.63 bits per heavy atom. The van der Waals surface area contributed by atoms with Crippen molar-refractivity contribution in [2.24, 2.45) is 0 Å². The van der Waals surface area contributed by atoms with Crippen LogP contribution in [0.4, 0.5) is 23.3 Å². The average molecular weight is 257 g/mol. The Balaban J connectivity index is 2.27. The zero-order valence-corrected chi connectivity index (χ0v) is 11.5. The van der Waals surface area contributed by atoms with E-state index < -0.39 is 0 Å². The van der Waals surface area contributed by atoms with Crippen LogP contribution in [0.1, 0.15) is 18.1 Å². The molecule has 4 N–H and O–H groups in total. The van der Waals surface area contributed by atoms with Gasteiger partial charge in [-0.15, -0.1) is 0 Å². The Hall–Kier alpha value is -2.30. The van der Waals surface area contributed by atoms with Crippen molar-refractivity contribution < 1.29 is 0 Å². The average Bonchev–Trinajstić information content (AvgIpc) is 2.26. The zero-order chi connectivity index (χ0) is 13.8. The number of nitrogens with zero attached hydrogens (tertiary/aromatic N) is 2. The summed E-state index contributed by atoms with van der Waals surface area (Å²) in [5.74, 6) is 1.67. The number of hydrogen-bond donors (Lipinski definition) is 3. The number of benzene rings is 1. The van der Waals surface area contributed by atoms with Crippen molar-refractivity contribution in [3.8, 4) is 0 Å². The normalized spacial score (nSPS) is 10.3. The van der Waals surface area contributed by atoms with Crippen molar-refractivity contribution >= 4 is 23.3 Å². The highest BCUT2D eigenvalue weighted by atomic mass is 15.1. The summed E-state index contributed by atoms with van der Waals surface area (Å²) >= 11 is 0. The molecule has 0 saturated heterocycles. The molecule has 0 unspecified atom stereocenters. The molecule has 0 spiro atoms. The van der Waals surface area contributed by atoms with Gasteiger partial charge < -0.3 is 16.4 Å². The van der Waals surface area contributed by atoms with Gasteiger partial charge in [0.15, 0.2) is 0 Å². The largest absolute Gasteiger partial charge is 0.370 e. The molecule has 0 amide bonds. The summed E-state index contributed by atoms with van der Waals surface area (Å²) in [5, 5.41) is 6.38. The van der Waals surface area contributed by atoms with Crippen LogP contribution in [0.15, 0.2) is 24.3 Å². The van der Waals surface area contributed by atoms with Gasteiger partial charge in [-0.2, -0.15) is 9.97 Å². The summed E-state index contributed by atoms with van der Waals surface area (Å²) in [4.78, 5) is 8.30. The molecule has 0 aliphatic rings. The minimum atomic E-state index is 0.255. The van der Waals surface area contributed by atoms with E-state index in [0.29, 0.717) is 5.82 Å². The van der Waals surface area contributed by atoms with Gasteiger partial charge in [-0.05, 0) is 44.0 Å². The van der Waals surface area contributed by atoms with E-state index in [2.05, 4.69) is 52.6 Å². The van der Waals surface area contributed by atoms with E-state index in [-0.39, 0.29) is 5.95 Å². The molecule has 100 valence electrons. The maximum absolute atomic E-state index is 5.70. The number of nitrogens with two attached hydrogens (primary N) is 1. The number of rotatable bonds is 4. The second-order valence-corrected chi connectivity index (χ2v) is 4.53. The van der Waals surface area contributed by atoms with Gasteiger partial charge in [-0.1, -0.05) is 6.07 Å². The maximum Gasteiger partial charge on any atom is 0.223 e. The Kier molecular flexibility index (Phi) is 3.85. The van der Waals surface area contributed by atoms with Crippen molar-refractivity contribution in [3.63, 3.8) is 0 Å². The summed E-state index contributed by atoms with van der Waals surface area (Å²) in [6, 6.07) is 8.11. The summed E-state index contributed by atoms with van der Waals surface area (Å²) in [7, 11) is 0. The molecule has 19 heavy (non-hydrogen) atoms. The molecule has 0 saturated carbocycles. The van der Waals surface area contributed by atoms with E-state index in [4.69, 9.17) is 5.73 Å². The highest BCUT2D eigenvalue weighted by molar-refractivity contribution is 5.62. The fourth-order valence-corrected chi connectivity index (χ4v) is 2.00. The van der Waals surface area contributed by atoms with Crippen LogP contribution < -0.4 is 16.4 Å². The number of hydrogen-bond acceptors (Lipinski definition) is 5. The monoisotopic (exact) mass is 257 g/mol. The van der Waals surface area contributed by atoms with Gasteiger partial charge in [0.25, 0.3) is 0 Å². The molecule has 1 aromatic heterocycles. The van der Waals surface area contributed by atoms with Gasteiger partial charge in [-0.3, -0.25) is 0 Å². The van der Waals surface area contributed by atoms with Crippen molar-refractivity contribution in [1.82, 2.24) is 9.97 Å². The standard InChI is InChI=1S/C14H19N5/c1-4-16-12-8-13(19-14(15)18-12)17-11-6-9(2)5-10(3)7-11/h5-8H,4H2,1-3H3,(H4,15,16,17,18,19). The predicted octanol–water partition coefficient (Wildman–Crippen LogP) is 2.85. The first-order valence-electron chi connectivity index (χ1n) is 6.30. The summed E-state index contributed by atoms with van der Waals surface area (Å²) in [5.41, 5.74) is 9.11. The van der Waals surface area contributed by atoms with E-state index >= 15 is 0 Å². The SMILES string of the molecule is CCNc1cc(Nc2cc(C)cc(C)c2)nc(N)n1. The minimum Gasteiger partial charge on any atom is -0.370 e. The van der Waals surface area contributed by atoms with Crippen LogP contribution in [-0.4, -0.2) is 16.5 Å². The third kappa shape index (κ3) is 3.58. The lowest BCUT2D eigenvalue weighted by molar-refractivity contribution is 1.12. The first kappa shape index (κ1) is 13.1. The molecule has 0 fully saturated rings. The predicted molar refractivity (Wildman–Crippen MR) is 79.8 cm³/mol. The Bertz CT molecular complexity index is 560. The highest BCUT2D eigenvalue weighted by Gasteiger charge is 2.03. The van der Waals surface area contributed by atoms with E-state index in [1.54, 1.807) is 0 Å². The Morgan fingerprint density at radius 3 is 2.26 bits per heavy atom. The molecule has 0 bridgehead atoms. The number of aromatic nitrogens is 2. The van der Waals surface area contributed by atoms with Crippen LogP contribution in [0.25, 0.3) is 0 Å². The fraction of sp³-hybridized carbons (Fsp3) is 0.286. The summed E-state index contributed by atoms with van der Waals surface area (Å²) < 4.78 is 0. The number of anilines is 4. The molecule has 0 aliphatic carbocycles. The molecule has 2 rings (SSSR count). The lowest BCUT2D eigenvalue weighted by Crippen LogP contribution is -2.05. The van der Waals surface area contributed by atoms with Gasteiger partial charge in [-0.25, -0.2) is 0 Å². The van der Waals surface area contributed by atoms with Crippen molar-refractivity contribution in [2.45, 2.75) is 20.8 Å². The van der Waals surface area contributed by atoms with E-state index in [9.17, 15) is 0 Å². The molecule has 0 aliphatic heterocycles. The number of nitrogens with one attached hydrogen (secondary N) is 2. The fourth-order valence-electron chi connectivity index (χ4n) is 2.00. The van der Waals surface area contributed by atoms with E-state index in [1.165, 1.54) is 11.1 Å². The van der Waals surface area contributed by atoms with E-state index in [0.717, 1.165) is 18.1 Å². The summed E-state index contributed by atoms with van der Waals surface area (Å²) in [6.07, 6.45) is 0. The lowest BCUT2D eigenvalue weighted by atomic mass is 10.1.